The standard InChI is InChI=1S/C14H20ClNOS/c1-16-13-5-3-2-4-6-14(13)18(17)12-9-7-11(15)8-10-12/h7-10,13-14,16H,2-6H2,1H3. The highest BCUT2D eigenvalue weighted by Gasteiger charge is 2.28. The molecule has 1 aromatic carbocycles. The lowest BCUT2D eigenvalue weighted by molar-refractivity contribution is 0.500. The normalized spacial score (nSPS) is 26.6. The summed E-state index contributed by atoms with van der Waals surface area (Å²) in [5.74, 6) is 0. The van der Waals surface area contributed by atoms with Gasteiger partial charge in [0.2, 0.25) is 0 Å². The number of rotatable bonds is 3. The maximum atomic E-state index is 12.7. The van der Waals surface area contributed by atoms with Crippen LogP contribution in [0.3, 0.4) is 0 Å². The molecular weight excluding hydrogens is 266 g/mol. The molecule has 1 fully saturated rings. The molecule has 3 atom stereocenters. The average molecular weight is 286 g/mol. The van der Waals surface area contributed by atoms with Crippen LogP contribution >= 0.6 is 11.6 Å². The van der Waals surface area contributed by atoms with Gasteiger partial charge in [0, 0.05) is 16.0 Å². The fraction of sp³-hybridized carbons (Fsp3) is 0.571. The number of nitrogens with one attached hydrogen (secondary N) is 1. The second-order valence-electron chi connectivity index (χ2n) is 4.82. The van der Waals surface area contributed by atoms with Gasteiger partial charge in [0.25, 0.3) is 0 Å². The highest BCUT2D eigenvalue weighted by molar-refractivity contribution is 7.85. The number of halogens is 1. The summed E-state index contributed by atoms with van der Waals surface area (Å²) >= 11 is 5.87. The lowest BCUT2D eigenvalue weighted by Gasteiger charge is -2.24. The van der Waals surface area contributed by atoms with Crippen LogP contribution in [0.4, 0.5) is 0 Å². The summed E-state index contributed by atoms with van der Waals surface area (Å²) in [7, 11) is 1.03. The van der Waals surface area contributed by atoms with Crippen molar-refractivity contribution in [3.8, 4) is 0 Å². The molecule has 100 valence electrons. The molecule has 3 unspecified atom stereocenters. The molecule has 0 aromatic heterocycles. The Morgan fingerprint density at radius 1 is 1.17 bits per heavy atom. The van der Waals surface area contributed by atoms with Crippen LogP contribution in [0, 0.1) is 0 Å². The van der Waals surface area contributed by atoms with Crippen LogP contribution in [0.1, 0.15) is 32.1 Å². The average Bonchev–Trinajstić information content (AvgIpc) is 2.63. The molecular formula is C14H20ClNOS. The number of hydrogen-bond acceptors (Lipinski definition) is 2. The van der Waals surface area contributed by atoms with Crippen molar-refractivity contribution in [2.45, 2.75) is 48.3 Å². The van der Waals surface area contributed by atoms with Crippen LogP contribution in [-0.4, -0.2) is 22.5 Å². The van der Waals surface area contributed by atoms with E-state index in [4.69, 9.17) is 11.6 Å². The molecule has 0 bridgehead atoms. The van der Waals surface area contributed by atoms with Crippen LogP contribution < -0.4 is 5.32 Å². The van der Waals surface area contributed by atoms with E-state index >= 15 is 0 Å². The molecule has 1 aromatic rings. The van der Waals surface area contributed by atoms with Crippen LogP contribution in [0.15, 0.2) is 29.2 Å². The molecule has 0 amide bonds. The first-order valence-corrected chi connectivity index (χ1v) is 8.15. The molecule has 1 aliphatic carbocycles. The molecule has 0 aliphatic heterocycles. The van der Waals surface area contributed by atoms with Crippen molar-refractivity contribution >= 4 is 22.4 Å². The predicted molar refractivity (Wildman–Crippen MR) is 77.6 cm³/mol. The minimum atomic E-state index is -0.940. The van der Waals surface area contributed by atoms with Gasteiger partial charge >= 0.3 is 0 Å². The summed E-state index contributed by atoms with van der Waals surface area (Å²) in [6, 6.07) is 7.77. The summed E-state index contributed by atoms with van der Waals surface area (Å²) in [4.78, 5) is 0.895. The number of hydrogen-bond donors (Lipinski definition) is 1. The summed E-state index contributed by atoms with van der Waals surface area (Å²) in [6.45, 7) is 0. The van der Waals surface area contributed by atoms with Crippen molar-refractivity contribution in [1.82, 2.24) is 5.32 Å². The van der Waals surface area contributed by atoms with Crippen LogP contribution in [-0.2, 0) is 10.8 Å². The minimum Gasteiger partial charge on any atom is -0.316 e. The Morgan fingerprint density at radius 3 is 2.50 bits per heavy atom. The minimum absolute atomic E-state index is 0.221. The first kappa shape index (κ1) is 14.0. The second-order valence-corrected chi connectivity index (χ2v) is 6.93. The molecule has 0 spiro atoms. The van der Waals surface area contributed by atoms with Crippen molar-refractivity contribution < 1.29 is 4.21 Å². The molecule has 2 rings (SSSR count). The van der Waals surface area contributed by atoms with Crippen LogP contribution in [0.2, 0.25) is 5.02 Å². The van der Waals surface area contributed by atoms with Crippen LogP contribution in [0.5, 0.6) is 0 Å². The third kappa shape index (κ3) is 3.34. The molecule has 1 saturated carbocycles. The molecule has 1 N–H and O–H groups in total. The van der Waals surface area contributed by atoms with Crippen molar-refractivity contribution in [3.63, 3.8) is 0 Å². The highest BCUT2D eigenvalue weighted by Crippen LogP contribution is 2.26. The van der Waals surface area contributed by atoms with Gasteiger partial charge < -0.3 is 5.32 Å². The third-order valence-electron chi connectivity index (χ3n) is 3.64. The Balaban J connectivity index is 2.17. The molecule has 0 radical (unpaired) electrons. The molecule has 18 heavy (non-hydrogen) atoms. The van der Waals surface area contributed by atoms with E-state index in [9.17, 15) is 4.21 Å². The maximum absolute atomic E-state index is 12.7. The topological polar surface area (TPSA) is 29.1 Å². The van der Waals surface area contributed by atoms with Crippen molar-refractivity contribution in [3.05, 3.63) is 29.3 Å². The Morgan fingerprint density at radius 2 is 1.83 bits per heavy atom. The highest BCUT2D eigenvalue weighted by atomic mass is 35.5. The van der Waals surface area contributed by atoms with E-state index in [2.05, 4.69) is 5.32 Å². The maximum Gasteiger partial charge on any atom is 0.0576 e. The Bertz CT molecular complexity index is 407. The fourth-order valence-electron chi connectivity index (χ4n) is 2.60. The number of benzene rings is 1. The van der Waals surface area contributed by atoms with E-state index < -0.39 is 10.8 Å². The monoisotopic (exact) mass is 285 g/mol. The largest absolute Gasteiger partial charge is 0.316 e. The third-order valence-corrected chi connectivity index (χ3v) is 5.75. The Labute approximate surface area is 117 Å². The van der Waals surface area contributed by atoms with Gasteiger partial charge in [0.05, 0.1) is 16.0 Å². The van der Waals surface area contributed by atoms with Gasteiger partial charge in [-0.25, -0.2) is 0 Å². The van der Waals surface area contributed by atoms with Gasteiger partial charge in [0.15, 0.2) is 0 Å². The lowest BCUT2D eigenvalue weighted by atomic mass is 10.1. The predicted octanol–water partition coefficient (Wildman–Crippen LogP) is 3.37. The molecule has 0 saturated heterocycles. The van der Waals surface area contributed by atoms with Gasteiger partial charge in [-0.3, -0.25) is 4.21 Å². The fourth-order valence-corrected chi connectivity index (χ4v) is 4.43. The molecule has 0 heterocycles. The van der Waals surface area contributed by atoms with Crippen molar-refractivity contribution in [2.75, 3.05) is 7.05 Å². The van der Waals surface area contributed by atoms with E-state index in [1.54, 1.807) is 0 Å². The zero-order chi connectivity index (χ0) is 13.0. The van der Waals surface area contributed by atoms with Gasteiger partial charge in [-0.1, -0.05) is 30.9 Å². The summed E-state index contributed by atoms with van der Waals surface area (Å²) in [5.41, 5.74) is 0. The Kier molecular flexibility index (Phi) is 5.22. The van der Waals surface area contributed by atoms with E-state index in [1.165, 1.54) is 19.3 Å². The zero-order valence-corrected chi connectivity index (χ0v) is 12.3. The van der Waals surface area contributed by atoms with E-state index in [0.717, 1.165) is 17.7 Å². The Hall–Kier alpha value is -0.380. The molecule has 4 heteroatoms. The lowest BCUT2D eigenvalue weighted by Crippen LogP contribution is -2.39. The van der Waals surface area contributed by atoms with Gasteiger partial charge in [-0.15, -0.1) is 0 Å². The quantitative estimate of drug-likeness (QED) is 0.863. The van der Waals surface area contributed by atoms with Crippen LogP contribution in [0.25, 0.3) is 0 Å². The summed E-state index contributed by atoms with van der Waals surface area (Å²) < 4.78 is 12.7. The smallest absolute Gasteiger partial charge is 0.0576 e. The van der Waals surface area contributed by atoms with E-state index in [-0.39, 0.29) is 5.25 Å². The summed E-state index contributed by atoms with van der Waals surface area (Å²) in [5, 5.41) is 4.25. The second kappa shape index (κ2) is 6.69. The SMILES string of the molecule is CNC1CCCCCC1S(=O)c1ccc(Cl)cc1. The first-order valence-electron chi connectivity index (χ1n) is 6.56. The van der Waals surface area contributed by atoms with Crippen molar-refractivity contribution in [2.24, 2.45) is 0 Å². The van der Waals surface area contributed by atoms with Gasteiger partial charge in [-0.05, 0) is 44.2 Å². The summed E-state index contributed by atoms with van der Waals surface area (Å²) in [6.07, 6.45) is 5.84. The van der Waals surface area contributed by atoms with E-state index in [1.807, 2.05) is 31.3 Å². The van der Waals surface area contributed by atoms with Gasteiger partial charge in [0.1, 0.15) is 0 Å². The molecule has 2 nitrogen and oxygen atoms in total. The van der Waals surface area contributed by atoms with E-state index in [0.29, 0.717) is 11.1 Å². The first-order chi connectivity index (χ1) is 8.72. The zero-order valence-electron chi connectivity index (χ0n) is 10.7. The van der Waals surface area contributed by atoms with Crippen molar-refractivity contribution in [1.29, 1.82) is 0 Å². The molecule has 1 aliphatic rings. The van der Waals surface area contributed by atoms with Gasteiger partial charge in [-0.2, -0.15) is 0 Å².